The van der Waals surface area contributed by atoms with Crippen LogP contribution in [0.5, 0.6) is 0 Å². The third-order valence-corrected chi connectivity index (χ3v) is 3.96. The SMILES string of the molecule is NCc1cccc(C(=O)N2CC(O)(C3CC3)C2)c1. The topological polar surface area (TPSA) is 66.6 Å². The first-order chi connectivity index (χ1) is 8.62. The van der Waals surface area contributed by atoms with E-state index in [9.17, 15) is 9.90 Å². The average molecular weight is 246 g/mol. The quantitative estimate of drug-likeness (QED) is 0.826. The second kappa shape index (κ2) is 4.07. The molecule has 1 amide bonds. The van der Waals surface area contributed by atoms with Crippen molar-refractivity contribution in [3.63, 3.8) is 0 Å². The summed E-state index contributed by atoms with van der Waals surface area (Å²) in [5.41, 5.74) is 6.58. The Bertz CT molecular complexity index is 476. The maximum atomic E-state index is 12.2. The summed E-state index contributed by atoms with van der Waals surface area (Å²) in [4.78, 5) is 13.9. The maximum absolute atomic E-state index is 12.2. The highest BCUT2D eigenvalue weighted by atomic mass is 16.3. The number of amides is 1. The lowest BCUT2D eigenvalue weighted by molar-refractivity contribution is -0.0958. The van der Waals surface area contributed by atoms with E-state index in [0.717, 1.165) is 18.4 Å². The number of carbonyl (C=O) groups is 1. The molecule has 0 radical (unpaired) electrons. The van der Waals surface area contributed by atoms with Crippen LogP contribution < -0.4 is 5.73 Å². The number of nitrogens with two attached hydrogens (primary N) is 1. The normalized spacial score (nSPS) is 21.6. The van der Waals surface area contributed by atoms with E-state index in [1.807, 2.05) is 18.2 Å². The van der Waals surface area contributed by atoms with Crippen LogP contribution in [-0.2, 0) is 6.54 Å². The Labute approximate surface area is 106 Å². The second-order valence-corrected chi connectivity index (χ2v) is 5.44. The number of aliphatic hydroxyl groups is 1. The molecule has 1 saturated carbocycles. The van der Waals surface area contributed by atoms with Gasteiger partial charge in [0.1, 0.15) is 5.60 Å². The van der Waals surface area contributed by atoms with Crippen molar-refractivity contribution in [2.45, 2.75) is 25.0 Å². The van der Waals surface area contributed by atoms with Crippen molar-refractivity contribution >= 4 is 5.91 Å². The molecule has 1 aromatic carbocycles. The summed E-state index contributed by atoms with van der Waals surface area (Å²) in [6.07, 6.45) is 2.20. The molecule has 3 rings (SSSR count). The van der Waals surface area contributed by atoms with Crippen molar-refractivity contribution in [1.29, 1.82) is 0 Å². The van der Waals surface area contributed by atoms with Gasteiger partial charge in [-0.15, -0.1) is 0 Å². The van der Waals surface area contributed by atoms with Gasteiger partial charge in [0.2, 0.25) is 0 Å². The standard InChI is InChI=1S/C14H18N2O2/c15-7-10-2-1-3-11(6-10)13(17)16-8-14(18,9-16)12-4-5-12/h1-3,6,12,18H,4-5,7-9,15H2. The first kappa shape index (κ1) is 11.7. The Kier molecular flexibility index (Phi) is 2.64. The Hall–Kier alpha value is -1.39. The number of rotatable bonds is 3. The van der Waals surface area contributed by atoms with Gasteiger partial charge in [0.25, 0.3) is 5.91 Å². The summed E-state index contributed by atoms with van der Waals surface area (Å²) in [6.45, 7) is 1.39. The molecular weight excluding hydrogens is 228 g/mol. The highest BCUT2D eigenvalue weighted by Gasteiger charge is 2.53. The molecule has 0 unspecified atom stereocenters. The lowest BCUT2D eigenvalue weighted by Gasteiger charge is -2.47. The smallest absolute Gasteiger partial charge is 0.254 e. The number of nitrogens with zero attached hydrogens (tertiary/aromatic N) is 1. The third kappa shape index (κ3) is 1.91. The molecular formula is C14H18N2O2. The molecule has 96 valence electrons. The van der Waals surface area contributed by atoms with Gasteiger partial charge in [0.15, 0.2) is 0 Å². The number of likely N-dealkylation sites (tertiary alicyclic amines) is 1. The maximum Gasteiger partial charge on any atom is 0.254 e. The predicted molar refractivity (Wildman–Crippen MR) is 67.9 cm³/mol. The first-order valence-electron chi connectivity index (χ1n) is 6.43. The van der Waals surface area contributed by atoms with Gasteiger partial charge in [0.05, 0.1) is 13.1 Å². The third-order valence-electron chi connectivity index (χ3n) is 3.96. The van der Waals surface area contributed by atoms with Crippen LogP contribution in [0, 0.1) is 5.92 Å². The van der Waals surface area contributed by atoms with E-state index in [-0.39, 0.29) is 5.91 Å². The van der Waals surface area contributed by atoms with Crippen molar-refractivity contribution in [1.82, 2.24) is 4.90 Å². The average Bonchev–Trinajstić information content (AvgIpc) is 3.18. The van der Waals surface area contributed by atoms with E-state index >= 15 is 0 Å². The minimum Gasteiger partial charge on any atom is -0.386 e. The molecule has 2 fully saturated rings. The fourth-order valence-electron chi connectivity index (χ4n) is 2.65. The predicted octanol–water partition coefficient (Wildman–Crippen LogP) is 0.742. The summed E-state index contributed by atoms with van der Waals surface area (Å²) in [7, 11) is 0. The largest absolute Gasteiger partial charge is 0.386 e. The Morgan fingerprint density at radius 1 is 1.44 bits per heavy atom. The van der Waals surface area contributed by atoms with Gasteiger partial charge in [-0.2, -0.15) is 0 Å². The fourth-order valence-corrected chi connectivity index (χ4v) is 2.65. The number of carbonyl (C=O) groups excluding carboxylic acids is 1. The number of benzene rings is 1. The Morgan fingerprint density at radius 2 is 2.17 bits per heavy atom. The van der Waals surface area contributed by atoms with Crippen LogP contribution >= 0.6 is 0 Å². The van der Waals surface area contributed by atoms with E-state index < -0.39 is 5.60 Å². The minimum atomic E-state index is -0.610. The summed E-state index contributed by atoms with van der Waals surface area (Å²) < 4.78 is 0. The number of β-amino-alcohol motifs (C(OH)–C–C–N with tert-alkyl or cyclic N) is 1. The van der Waals surface area contributed by atoms with Crippen LogP contribution in [0.1, 0.15) is 28.8 Å². The molecule has 1 aliphatic heterocycles. The molecule has 0 aromatic heterocycles. The van der Waals surface area contributed by atoms with Gasteiger partial charge < -0.3 is 15.7 Å². The van der Waals surface area contributed by atoms with Gasteiger partial charge in [0, 0.05) is 12.1 Å². The Balaban J connectivity index is 1.68. The van der Waals surface area contributed by atoms with Crippen LogP contribution in [0.3, 0.4) is 0 Å². The van der Waals surface area contributed by atoms with Gasteiger partial charge in [-0.3, -0.25) is 4.79 Å². The summed E-state index contributed by atoms with van der Waals surface area (Å²) >= 11 is 0. The fraction of sp³-hybridized carbons (Fsp3) is 0.500. The molecule has 0 atom stereocenters. The van der Waals surface area contributed by atoms with Gasteiger partial charge in [-0.1, -0.05) is 12.1 Å². The van der Waals surface area contributed by atoms with Gasteiger partial charge >= 0.3 is 0 Å². The van der Waals surface area contributed by atoms with Crippen LogP contribution in [0.2, 0.25) is 0 Å². The van der Waals surface area contributed by atoms with Crippen LogP contribution in [0.25, 0.3) is 0 Å². The molecule has 0 spiro atoms. The minimum absolute atomic E-state index is 0.00405. The lowest BCUT2D eigenvalue weighted by Crippen LogP contribution is -2.64. The monoisotopic (exact) mass is 246 g/mol. The van der Waals surface area contributed by atoms with Crippen molar-refractivity contribution in [2.75, 3.05) is 13.1 Å². The molecule has 18 heavy (non-hydrogen) atoms. The zero-order valence-corrected chi connectivity index (χ0v) is 10.3. The molecule has 1 aromatic rings. The first-order valence-corrected chi connectivity index (χ1v) is 6.43. The van der Waals surface area contributed by atoms with E-state index in [0.29, 0.717) is 31.1 Å². The molecule has 2 aliphatic rings. The number of hydrogen-bond acceptors (Lipinski definition) is 3. The van der Waals surface area contributed by atoms with E-state index in [1.165, 1.54) is 0 Å². The molecule has 1 saturated heterocycles. The van der Waals surface area contributed by atoms with Gasteiger partial charge in [-0.05, 0) is 36.5 Å². The zero-order valence-electron chi connectivity index (χ0n) is 10.3. The number of hydrogen-bond donors (Lipinski definition) is 2. The summed E-state index contributed by atoms with van der Waals surface area (Å²) in [5.74, 6) is 0.410. The molecule has 0 bridgehead atoms. The highest BCUT2D eigenvalue weighted by Crippen LogP contribution is 2.44. The van der Waals surface area contributed by atoms with Crippen LogP contribution in [0.4, 0.5) is 0 Å². The highest BCUT2D eigenvalue weighted by molar-refractivity contribution is 5.95. The van der Waals surface area contributed by atoms with Crippen molar-refractivity contribution in [2.24, 2.45) is 11.7 Å². The van der Waals surface area contributed by atoms with Crippen molar-refractivity contribution in [3.05, 3.63) is 35.4 Å². The van der Waals surface area contributed by atoms with Gasteiger partial charge in [-0.25, -0.2) is 0 Å². The van der Waals surface area contributed by atoms with Crippen molar-refractivity contribution < 1.29 is 9.90 Å². The van der Waals surface area contributed by atoms with E-state index in [1.54, 1.807) is 11.0 Å². The van der Waals surface area contributed by atoms with Crippen LogP contribution in [-0.4, -0.2) is 34.6 Å². The molecule has 1 heterocycles. The van der Waals surface area contributed by atoms with E-state index in [2.05, 4.69) is 0 Å². The summed E-state index contributed by atoms with van der Waals surface area (Å²) in [6, 6.07) is 7.39. The zero-order chi connectivity index (χ0) is 12.8. The Morgan fingerprint density at radius 3 is 2.78 bits per heavy atom. The second-order valence-electron chi connectivity index (χ2n) is 5.44. The molecule has 1 aliphatic carbocycles. The molecule has 4 heteroatoms. The molecule has 4 nitrogen and oxygen atoms in total. The van der Waals surface area contributed by atoms with E-state index in [4.69, 9.17) is 5.73 Å². The molecule has 3 N–H and O–H groups in total. The van der Waals surface area contributed by atoms with Crippen molar-refractivity contribution in [3.8, 4) is 0 Å². The summed E-state index contributed by atoms with van der Waals surface area (Å²) in [5, 5.41) is 10.2. The lowest BCUT2D eigenvalue weighted by atomic mass is 9.88. The van der Waals surface area contributed by atoms with Crippen LogP contribution in [0.15, 0.2) is 24.3 Å².